The predicted octanol–water partition coefficient (Wildman–Crippen LogP) is 18.4. The third-order valence-electron chi connectivity index (χ3n) is 10.9. The highest BCUT2D eigenvalue weighted by atomic mass is 16.6. The minimum Gasteiger partial charge on any atom is -0.462 e. The van der Waals surface area contributed by atoms with E-state index in [9.17, 15) is 14.4 Å². The van der Waals surface area contributed by atoms with Crippen molar-refractivity contribution in [2.24, 2.45) is 0 Å². The molecule has 6 heteroatoms. The summed E-state index contributed by atoms with van der Waals surface area (Å²) in [6.07, 6.45) is 79.9. The first-order valence-corrected chi connectivity index (χ1v) is 27.4. The molecule has 0 aromatic carbocycles. The second-order valence-electron chi connectivity index (χ2n) is 17.4. The third-order valence-corrected chi connectivity index (χ3v) is 10.9. The molecule has 0 aliphatic rings. The van der Waals surface area contributed by atoms with Crippen LogP contribution in [0.5, 0.6) is 0 Å². The van der Waals surface area contributed by atoms with E-state index >= 15 is 0 Å². The zero-order chi connectivity index (χ0) is 50.0. The van der Waals surface area contributed by atoms with Gasteiger partial charge in [-0.05, 0) is 122 Å². The Morgan fingerprint density at radius 1 is 0.319 bits per heavy atom. The molecule has 1 unspecified atom stereocenters. The zero-order valence-corrected chi connectivity index (χ0v) is 44.0. The molecule has 0 N–H and O–H groups in total. The highest BCUT2D eigenvalue weighted by Gasteiger charge is 2.19. The van der Waals surface area contributed by atoms with E-state index in [4.69, 9.17) is 14.2 Å². The molecule has 0 saturated carbocycles. The van der Waals surface area contributed by atoms with Crippen molar-refractivity contribution in [2.45, 2.75) is 219 Å². The summed E-state index contributed by atoms with van der Waals surface area (Å²) >= 11 is 0. The van der Waals surface area contributed by atoms with Crippen molar-refractivity contribution in [1.29, 1.82) is 0 Å². The van der Waals surface area contributed by atoms with E-state index in [2.05, 4.69) is 154 Å². The van der Waals surface area contributed by atoms with Crippen LogP contribution in [0, 0.1) is 0 Å². The van der Waals surface area contributed by atoms with Gasteiger partial charge in [-0.1, -0.05) is 218 Å². The number of allylic oxidation sites excluding steroid dienone is 24. The average Bonchev–Trinajstić information content (AvgIpc) is 3.35. The Labute approximate surface area is 423 Å². The van der Waals surface area contributed by atoms with Crippen molar-refractivity contribution >= 4 is 17.9 Å². The van der Waals surface area contributed by atoms with Gasteiger partial charge in [-0.3, -0.25) is 14.4 Å². The van der Waals surface area contributed by atoms with Crippen LogP contribution in [0.3, 0.4) is 0 Å². The molecule has 1 atom stereocenters. The Morgan fingerprint density at radius 2 is 0.638 bits per heavy atom. The number of rotatable bonds is 47. The standard InChI is InChI=1S/C63H98O6/c1-4-7-10-13-16-19-22-25-28-31-32-33-36-38-41-44-47-50-53-56-62(65)68-59-60(69-63(66)57-54-51-48-45-42-39-35-30-27-24-21-18-15-12-9-6-3)58-67-61(64)55-52-49-46-43-40-37-34-29-26-23-20-17-14-11-8-5-2/h7,9-10,12,16,18-19,21,25,27-30,32-34,37-42,48,51,60H,4-6,8,11,13-15,17,20,22-24,26,31,35-36,43-47,49-50,52-59H2,1-3H3/b10-7-,12-9-,19-16-,21-18-,28-25-,30-27-,33-32-,34-29-,40-37-,41-38-,42-39-,51-48-. The van der Waals surface area contributed by atoms with Crippen LogP contribution >= 0.6 is 0 Å². The lowest BCUT2D eigenvalue weighted by molar-refractivity contribution is -0.166. The summed E-state index contributed by atoms with van der Waals surface area (Å²) in [5.41, 5.74) is 0. The minimum atomic E-state index is -0.849. The molecule has 0 rings (SSSR count). The van der Waals surface area contributed by atoms with E-state index in [0.717, 1.165) is 122 Å². The van der Waals surface area contributed by atoms with Crippen LogP contribution in [0.15, 0.2) is 146 Å². The van der Waals surface area contributed by atoms with Crippen molar-refractivity contribution in [3.8, 4) is 0 Å². The second kappa shape index (κ2) is 55.9. The summed E-state index contributed by atoms with van der Waals surface area (Å²) in [5, 5.41) is 0. The summed E-state index contributed by atoms with van der Waals surface area (Å²) in [6, 6.07) is 0. The second-order valence-corrected chi connectivity index (χ2v) is 17.4. The summed E-state index contributed by atoms with van der Waals surface area (Å²) in [7, 11) is 0. The third kappa shape index (κ3) is 54.1. The molecule has 0 saturated heterocycles. The van der Waals surface area contributed by atoms with Crippen LogP contribution in [0.1, 0.15) is 213 Å². The van der Waals surface area contributed by atoms with E-state index in [0.29, 0.717) is 19.3 Å². The SMILES string of the molecule is CC/C=C\C/C=C\C/C=C\C/C=C\C/C=C\CCCCCC(=O)OCC(COC(=O)CCCCC/C=C\C=C/CCCCCCCCC)OC(=O)CC/C=C\C/C=C\C/C=C\C/C=C\C/C=C\CC. The number of hydrogen-bond donors (Lipinski definition) is 0. The molecule has 6 nitrogen and oxygen atoms in total. The Balaban J connectivity index is 4.62. The lowest BCUT2D eigenvalue weighted by Crippen LogP contribution is -2.30. The van der Waals surface area contributed by atoms with Crippen LogP contribution < -0.4 is 0 Å². The van der Waals surface area contributed by atoms with Crippen LogP contribution in [-0.4, -0.2) is 37.2 Å². The van der Waals surface area contributed by atoms with Crippen LogP contribution in [0.25, 0.3) is 0 Å². The number of carbonyl (C=O) groups excluding carboxylic acids is 3. The van der Waals surface area contributed by atoms with E-state index < -0.39 is 12.1 Å². The molecule has 0 aliphatic carbocycles. The van der Waals surface area contributed by atoms with Crippen molar-refractivity contribution < 1.29 is 28.6 Å². The maximum Gasteiger partial charge on any atom is 0.306 e. The van der Waals surface area contributed by atoms with Crippen molar-refractivity contribution in [3.05, 3.63) is 146 Å². The number of unbranched alkanes of at least 4 members (excludes halogenated alkanes) is 13. The molecule has 0 radical (unpaired) electrons. The normalized spacial score (nSPS) is 13.3. The molecule has 0 heterocycles. The fourth-order valence-corrected chi connectivity index (χ4v) is 6.80. The van der Waals surface area contributed by atoms with Gasteiger partial charge in [0.15, 0.2) is 6.10 Å². The number of carbonyl (C=O) groups is 3. The highest BCUT2D eigenvalue weighted by molar-refractivity contribution is 5.71. The van der Waals surface area contributed by atoms with Crippen molar-refractivity contribution in [1.82, 2.24) is 0 Å². The van der Waals surface area contributed by atoms with Gasteiger partial charge in [-0.25, -0.2) is 0 Å². The fourth-order valence-electron chi connectivity index (χ4n) is 6.80. The maximum absolute atomic E-state index is 12.8. The minimum absolute atomic E-state index is 0.138. The lowest BCUT2D eigenvalue weighted by Gasteiger charge is -2.18. The summed E-state index contributed by atoms with van der Waals surface area (Å²) in [6.45, 7) is 6.27. The van der Waals surface area contributed by atoms with Gasteiger partial charge in [0.25, 0.3) is 0 Å². The van der Waals surface area contributed by atoms with Crippen molar-refractivity contribution in [2.75, 3.05) is 13.2 Å². The molecule has 0 spiro atoms. The number of hydrogen-bond acceptors (Lipinski definition) is 6. The van der Waals surface area contributed by atoms with E-state index in [-0.39, 0.29) is 31.6 Å². The topological polar surface area (TPSA) is 78.9 Å². The summed E-state index contributed by atoms with van der Waals surface area (Å²) < 4.78 is 16.7. The summed E-state index contributed by atoms with van der Waals surface area (Å²) in [4.78, 5) is 38.1. The van der Waals surface area contributed by atoms with E-state index in [1.807, 2.05) is 12.2 Å². The molecular formula is C63H98O6. The van der Waals surface area contributed by atoms with Gasteiger partial charge < -0.3 is 14.2 Å². The predicted molar refractivity (Wildman–Crippen MR) is 297 cm³/mol. The van der Waals surface area contributed by atoms with Gasteiger partial charge in [0.2, 0.25) is 0 Å². The first kappa shape index (κ1) is 64.3. The van der Waals surface area contributed by atoms with Crippen molar-refractivity contribution in [3.63, 3.8) is 0 Å². The van der Waals surface area contributed by atoms with E-state index in [1.165, 1.54) is 44.9 Å². The molecular weight excluding hydrogens is 853 g/mol. The van der Waals surface area contributed by atoms with Crippen LogP contribution in [0.4, 0.5) is 0 Å². The lowest BCUT2D eigenvalue weighted by atomic mass is 10.1. The maximum atomic E-state index is 12.8. The molecule has 0 aromatic rings. The van der Waals surface area contributed by atoms with Gasteiger partial charge >= 0.3 is 17.9 Å². The molecule has 0 amide bonds. The molecule has 0 aliphatic heterocycles. The Kier molecular flexibility index (Phi) is 52.1. The number of ether oxygens (including phenoxy) is 3. The largest absolute Gasteiger partial charge is 0.462 e. The molecule has 0 bridgehead atoms. The Bertz CT molecular complexity index is 1560. The zero-order valence-electron chi connectivity index (χ0n) is 44.0. The monoisotopic (exact) mass is 951 g/mol. The summed E-state index contributed by atoms with van der Waals surface area (Å²) in [5.74, 6) is -1.09. The molecule has 69 heavy (non-hydrogen) atoms. The smallest absolute Gasteiger partial charge is 0.306 e. The number of esters is 3. The first-order valence-electron chi connectivity index (χ1n) is 27.4. The van der Waals surface area contributed by atoms with Gasteiger partial charge in [-0.2, -0.15) is 0 Å². The highest BCUT2D eigenvalue weighted by Crippen LogP contribution is 2.11. The van der Waals surface area contributed by atoms with Gasteiger partial charge in [0, 0.05) is 19.3 Å². The first-order chi connectivity index (χ1) is 34.0. The fraction of sp³-hybridized carbons (Fsp3) is 0.571. The quantitative estimate of drug-likeness (QED) is 0.0199. The van der Waals surface area contributed by atoms with Gasteiger partial charge in [-0.15, -0.1) is 0 Å². The van der Waals surface area contributed by atoms with Crippen LogP contribution in [-0.2, 0) is 28.6 Å². The Morgan fingerprint density at radius 3 is 1.03 bits per heavy atom. The molecule has 386 valence electrons. The Hall–Kier alpha value is -4.71. The van der Waals surface area contributed by atoms with Gasteiger partial charge in [0.1, 0.15) is 13.2 Å². The molecule has 0 fully saturated rings. The molecule has 0 aromatic heterocycles. The van der Waals surface area contributed by atoms with Gasteiger partial charge in [0.05, 0.1) is 0 Å². The average molecular weight is 951 g/mol. The van der Waals surface area contributed by atoms with Crippen LogP contribution in [0.2, 0.25) is 0 Å². The van der Waals surface area contributed by atoms with E-state index in [1.54, 1.807) is 0 Å².